The molecule has 1 aromatic rings. The molecule has 0 aliphatic carbocycles. The molecule has 1 aromatic carbocycles. The summed E-state index contributed by atoms with van der Waals surface area (Å²) in [6.45, 7) is 8.84. The van der Waals surface area contributed by atoms with Crippen LogP contribution in [0.5, 0.6) is 5.75 Å². The molecule has 0 unspecified atom stereocenters. The molecule has 0 aromatic heterocycles. The van der Waals surface area contributed by atoms with Crippen molar-refractivity contribution in [3.63, 3.8) is 0 Å². The van der Waals surface area contributed by atoms with Crippen LogP contribution in [-0.2, 0) is 16.0 Å². The van der Waals surface area contributed by atoms with E-state index in [9.17, 15) is 5.11 Å². The number of benzene rings is 1. The van der Waals surface area contributed by atoms with Crippen molar-refractivity contribution in [1.29, 1.82) is 0 Å². The van der Waals surface area contributed by atoms with Gasteiger partial charge in [0.15, 0.2) is 0 Å². The van der Waals surface area contributed by atoms with Gasteiger partial charge < -0.3 is 19.3 Å². The molecule has 1 atom stereocenters. The van der Waals surface area contributed by atoms with Gasteiger partial charge in [-0.3, -0.25) is 4.90 Å². The Hall–Kier alpha value is -1.14. The van der Waals surface area contributed by atoms with Crippen LogP contribution in [0.15, 0.2) is 24.3 Å². The number of hydrogen-bond donors (Lipinski definition) is 1. The highest BCUT2D eigenvalue weighted by molar-refractivity contribution is 5.33. The maximum atomic E-state index is 10.2. The monoisotopic (exact) mass is 325 g/mol. The van der Waals surface area contributed by atoms with Crippen molar-refractivity contribution in [2.45, 2.75) is 39.0 Å². The number of aliphatic hydroxyl groups is 1. The summed E-state index contributed by atoms with van der Waals surface area (Å²) >= 11 is 0. The third-order valence-corrected chi connectivity index (χ3v) is 3.38. The molecule has 0 aliphatic rings. The summed E-state index contributed by atoms with van der Waals surface area (Å²) < 4.78 is 16.2. The van der Waals surface area contributed by atoms with E-state index in [0.29, 0.717) is 26.3 Å². The minimum atomic E-state index is -0.541. The predicted octanol–water partition coefficient (Wildman–Crippen LogP) is 2.32. The van der Waals surface area contributed by atoms with Crippen molar-refractivity contribution in [1.82, 2.24) is 4.90 Å². The third-order valence-electron chi connectivity index (χ3n) is 3.38. The first-order valence-corrected chi connectivity index (χ1v) is 8.01. The zero-order chi connectivity index (χ0) is 17.3. The van der Waals surface area contributed by atoms with E-state index < -0.39 is 6.10 Å². The van der Waals surface area contributed by atoms with Gasteiger partial charge in [0.1, 0.15) is 5.75 Å². The molecule has 5 nitrogen and oxygen atoms in total. The Bertz CT molecular complexity index is 445. The van der Waals surface area contributed by atoms with E-state index in [2.05, 4.69) is 4.90 Å². The molecule has 0 amide bonds. The van der Waals surface area contributed by atoms with E-state index >= 15 is 0 Å². The molecular formula is C18H31NO4. The van der Waals surface area contributed by atoms with Gasteiger partial charge in [0.05, 0.1) is 32.0 Å². The average Bonchev–Trinajstić information content (AvgIpc) is 2.50. The fourth-order valence-electron chi connectivity index (χ4n) is 2.23. The first-order chi connectivity index (χ1) is 10.9. The first-order valence-electron chi connectivity index (χ1n) is 8.01. The van der Waals surface area contributed by atoms with E-state index in [1.165, 1.54) is 0 Å². The fraction of sp³-hybridized carbons (Fsp3) is 0.667. The van der Waals surface area contributed by atoms with Gasteiger partial charge in [0, 0.05) is 32.3 Å². The molecule has 0 heterocycles. The van der Waals surface area contributed by atoms with Gasteiger partial charge in [-0.25, -0.2) is 0 Å². The molecule has 0 bridgehead atoms. The van der Waals surface area contributed by atoms with Crippen molar-refractivity contribution >= 4 is 0 Å². The Morgan fingerprint density at radius 3 is 2.48 bits per heavy atom. The Balaban J connectivity index is 2.64. The largest absolute Gasteiger partial charge is 0.496 e. The summed E-state index contributed by atoms with van der Waals surface area (Å²) in [6.07, 6.45) is -0.541. The Morgan fingerprint density at radius 1 is 1.17 bits per heavy atom. The van der Waals surface area contributed by atoms with Crippen LogP contribution in [-0.4, -0.2) is 62.2 Å². The number of nitrogens with zero attached hydrogens (tertiary/aromatic N) is 1. The average molecular weight is 325 g/mol. The Kier molecular flexibility index (Phi) is 8.55. The molecule has 0 saturated carbocycles. The molecule has 5 heteroatoms. The number of ether oxygens (including phenoxy) is 3. The molecule has 23 heavy (non-hydrogen) atoms. The summed E-state index contributed by atoms with van der Waals surface area (Å²) in [5.74, 6) is 0.857. The number of rotatable bonds is 10. The molecule has 1 rings (SSSR count). The molecule has 0 aliphatic heterocycles. The zero-order valence-electron chi connectivity index (χ0n) is 15.0. The molecule has 0 fully saturated rings. The molecule has 0 spiro atoms. The van der Waals surface area contributed by atoms with Crippen LogP contribution in [0.1, 0.15) is 26.3 Å². The predicted molar refractivity (Wildman–Crippen MR) is 91.9 cm³/mol. The maximum Gasteiger partial charge on any atom is 0.123 e. The van der Waals surface area contributed by atoms with Gasteiger partial charge in [-0.1, -0.05) is 18.2 Å². The van der Waals surface area contributed by atoms with E-state index in [1.54, 1.807) is 14.2 Å². The van der Waals surface area contributed by atoms with Gasteiger partial charge in [-0.15, -0.1) is 0 Å². The van der Waals surface area contributed by atoms with Crippen LogP contribution in [0.2, 0.25) is 0 Å². The van der Waals surface area contributed by atoms with Crippen molar-refractivity contribution in [2.24, 2.45) is 0 Å². The fourth-order valence-corrected chi connectivity index (χ4v) is 2.23. The molecule has 0 saturated heterocycles. The van der Waals surface area contributed by atoms with Crippen LogP contribution in [0, 0.1) is 0 Å². The van der Waals surface area contributed by atoms with Gasteiger partial charge >= 0.3 is 0 Å². The maximum absolute atomic E-state index is 10.2. The standard InChI is InChI=1S/C18H31NO4/c1-18(2,3)23-14-16(20)13-19(10-11-21-4)12-15-8-6-7-9-17(15)22-5/h6-9,16,20H,10-14H2,1-5H3/t16-/m1/s1. The topological polar surface area (TPSA) is 51.2 Å². The summed E-state index contributed by atoms with van der Waals surface area (Å²) in [6, 6.07) is 7.93. The van der Waals surface area contributed by atoms with Crippen molar-refractivity contribution in [3.05, 3.63) is 29.8 Å². The highest BCUT2D eigenvalue weighted by atomic mass is 16.5. The van der Waals surface area contributed by atoms with Crippen LogP contribution >= 0.6 is 0 Å². The Morgan fingerprint density at radius 2 is 1.87 bits per heavy atom. The highest BCUT2D eigenvalue weighted by Crippen LogP contribution is 2.19. The Labute approximate surface area is 140 Å². The van der Waals surface area contributed by atoms with Gasteiger partial charge in [0.25, 0.3) is 0 Å². The third kappa shape index (κ3) is 8.32. The minimum Gasteiger partial charge on any atom is -0.496 e. The second kappa shape index (κ2) is 9.88. The number of hydrogen-bond acceptors (Lipinski definition) is 5. The smallest absolute Gasteiger partial charge is 0.123 e. The molecule has 132 valence electrons. The molecule has 1 N–H and O–H groups in total. The highest BCUT2D eigenvalue weighted by Gasteiger charge is 2.17. The van der Waals surface area contributed by atoms with Crippen molar-refractivity contribution in [3.8, 4) is 5.75 Å². The van der Waals surface area contributed by atoms with E-state index in [1.807, 2.05) is 45.0 Å². The zero-order valence-corrected chi connectivity index (χ0v) is 15.0. The van der Waals surface area contributed by atoms with Gasteiger partial charge in [0.2, 0.25) is 0 Å². The quantitative estimate of drug-likeness (QED) is 0.715. The second-order valence-corrected chi connectivity index (χ2v) is 6.62. The van der Waals surface area contributed by atoms with Crippen molar-refractivity contribution in [2.75, 3.05) is 40.5 Å². The van der Waals surface area contributed by atoms with E-state index in [4.69, 9.17) is 14.2 Å². The van der Waals surface area contributed by atoms with Crippen molar-refractivity contribution < 1.29 is 19.3 Å². The lowest BCUT2D eigenvalue weighted by molar-refractivity contribution is -0.0577. The van der Waals surface area contributed by atoms with Crippen LogP contribution < -0.4 is 4.74 Å². The first kappa shape index (κ1) is 19.9. The normalized spacial score (nSPS) is 13.3. The lowest BCUT2D eigenvalue weighted by Crippen LogP contribution is -2.38. The lowest BCUT2D eigenvalue weighted by Gasteiger charge is -2.27. The van der Waals surface area contributed by atoms with Crippen LogP contribution in [0.4, 0.5) is 0 Å². The lowest BCUT2D eigenvalue weighted by atomic mass is 10.1. The SMILES string of the molecule is COCCN(Cc1ccccc1OC)C[C@@H](O)COC(C)(C)C. The van der Waals surface area contributed by atoms with E-state index in [0.717, 1.165) is 17.9 Å². The number of methoxy groups -OCH3 is 2. The second-order valence-electron chi connectivity index (χ2n) is 6.62. The minimum absolute atomic E-state index is 0.249. The summed E-state index contributed by atoms with van der Waals surface area (Å²) in [5.41, 5.74) is 0.844. The van der Waals surface area contributed by atoms with Gasteiger partial charge in [-0.2, -0.15) is 0 Å². The molecular weight excluding hydrogens is 294 g/mol. The van der Waals surface area contributed by atoms with Crippen LogP contribution in [0.25, 0.3) is 0 Å². The molecule has 0 radical (unpaired) electrons. The van der Waals surface area contributed by atoms with E-state index in [-0.39, 0.29) is 5.60 Å². The summed E-state index contributed by atoms with van der Waals surface area (Å²) in [7, 11) is 3.35. The van der Waals surface area contributed by atoms with Crippen LogP contribution in [0.3, 0.4) is 0 Å². The van der Waals surface area contributed by atoms with Gasteiger partial charge in [-0.05, 0) is 26.8 Å². The summed E-state index contributed by atoms with van der Waals surface area (Å²) in [5, 5.41) is 10.2. The summed E-state index contributed by atoms with van der Waals surface area (Å²) in [4.78, 5) is 2.15. The number of para-hydroxylation sites is 1. The number of aliphatic hydroxyl groups excluding tert-OH is 1.